The molecule has 1 aromatic heterocycles. The number of benzene rings is 2. The van der Waals surface area contributed by atoms with Crippen LogP contribution in [0.25, 0.3) is 0 Å². The Morgan fingerprint density at radius 3 is 2.40 bits per heavy atom. The first-order chi connectivity index (χ1) is 22.9. The van der Waals surface area contributed by atoms with Crippen LogP contribution in [0.2, 0.25) is 0 Å². The second-order valence-electron chi connectivity index (χ2n) is 14.7. The first-order valence-corrected chi connectivity index (χ1v) is 17.8. The molecule has 1 aliphatic heterocycles. The Hall–Kier alpha value is -3.20. The Labute approximate surface area is 277 Å². The highest BCUT2D eigenvalue weighted by molar-refractivity contribution is 5.64. The highest BCUT2D eigenvalue weighted by Crippen LogP contribution is 2.53. The van der Waals surface area contributed by atoms with E-state index in [9.17, 15) is 25.5 Å². The number of aliphatic hydroxyl groups excluding tert-OH is 2. The maximum Gasteiger partial charge on any atom is 0.201 e. The maximum atomic E-state index is 11.5. The molecule has 0 spiro atoms. The topological polar surface area (TPSA) is 134 Å². The van der Waals surface area contributed by atoms with E-state index in [1.165, 1.54) is 57.6 Å². The van der Waals surface area contributed by atoms with Gasteiger partial charge in [-0.1, -0.05) is 62.3 Å². The van der Waals surface area contributed by atoms with Gasteiger partial charge in [0.05, 0.1) is 32.0 Å². The molecule has 4 fully saturated rings. The number of ether oxygens (including phenoxy) is 2. The van der Waals surface area contributed by atoms with Gasteiger partial charge < -0.3 is 40.0 Å². The van der Waals surface area contributed by atoms with Gasteiger partial charge in [0.25, 0.3) is 0 Å². The zero-order valence-electron chi connectivity index (χ0n) is 27.5. The fourth-order valence-corrected chi connectivity index (χ4v) is 9.82. The summed E-state index contributed by atoms with van der Waals surface area (Å²) in [5.41, 5.74) is 4.56. The highest BCUT2D eigenvalue weighted by atomic mass is 16.5. The van der Waals surface area contributed by atoms with Crippen LogP contribution in [-0.4, -0.2) is 44.9 Å². The lowest BCUT2D eigenvalue weighted by Gasteiger charge is -2.46. The molecule has 2 heterocycles. The van der Waals surface area contributed by atoms with Gasteiger partial charge in [-0.3, -0.25) is 0 Å². The van der Waals surface area contributed by atoms with Crippen LogP contribution >= 0.6 is 0 Å². The Morgan fingerprint density at radius 1 is 0.851 bits per heavy atom. The summed E-state index contributed by atoms with van der Waals surface area (Å²) in [6.45, 7) is -0.503. The predicted octanol–water partition coefficient (Wildman–Crippen LogP) is 7.09. The first kappa shape index (κ1) is 32.4. The minimum absolute atomic E-state index is 0.0162. The standard InChI is InChI=1S/C39H50NO7/c1-46-39-30(15-22-13-14-40-20-22)36(31(21-41)37(44)38(39)45)35-19-33(43)28-11-9-26(18-34(28)47-35)25-10-12-32(42)29(17-25)27-8-4-7-24(16-27)23-5-2-3-6-23/h10,12-14,17,20,23-24,26-28,33-35,41-45H,2-9,11,15-16,18-19,21H2,1H3/q-1. The number of aromatic hydroxyl groups is 3. The van der Waals surface area contributed by atoms with Gasteiger partial charge >= 0.3 is 0 Å². The number of aliphatic hydroxyl groups is 2. The van der Waals surface area contributed by atoms with E-state index in [2.05, 4.69) is 17.1 Å². The third-order valence-electron chi connectivity index (χ3n) is 12.2. The molecule has 0 bridgehead atoms. The molecule has 8 heteroatoms. The summed E-state index contributed by atoms with van der Waals surface area (Å²) in [5, 5.41) is 54.8. The van der Waals surface area contributed by atoms with Gasteiger partial charge in [-0.15, -0.1) is 0 Å². The predicted molar refractivity (Wildman–Crippen MR) is 178 cm³/mol. The molecule has 4 aliphatic rings. The summed E-state index contributed by atoms with van der Waals surface area (Å²) in [6.07, 6.45) is 15.4. The Kier molecular flexibility index (Phi) is 9.45. The molecule has 3 aliphatic carbocycles. The molecule has 5 N–H and O–H groups in total. The molecular weight excluding hydrogens is 594 g/mol. The smallest absolute Gasteiger partial charge is 0.201 e. The molecule has 2 aromatic carbocycles. The van der Waals surface area contributed by atoms with Gasteiger partial charge in [0.15, 0.2) is 11.5 Å². The Balaban J connectivity index is 1.15. The van der Waals surface area contributed by atoms with E-state index in [0.717, 1.165) is 48.6 Å². The molecule has 3 aromatic rings. The van der Waals surface area contributed by atoms with Crippen molar-refractivity contribution < 1.29 is 35.0 Å². The molecule has 7 unspecified atom stereocenters. The van der Waals surface area contributed by atoms with Crippen molar-refractivity contribution >= 4 is 0 Å². The number of phenols is 3. The monoisotopic (exact) mass is 644 g/mol. The molecular formula is C39H50NO7-. The van der Waals surface area contributed by atoms with Crippen molar-refractivity contribution in [3.05, 3.63) is 70.0 Å². The molecule has 47 heavy (non-hydrogen) atoms. The average molecular weight is 645 g/mol. The van der Waals surface area contributed by atoms with E-state index >= 15 is 0 Å². The van der Waals surface area contributed by atoms with Crippen molar-refractivity contribution in [2.75, 3.05) is 7.11 Å². The van der Waals surface area contributed by atoms with E-state index in [1.54, 1.807) is 12.4 Å². The van der Waals surface area contributed by atoms with Gasteiger partial charge in [-0.05, 0) is 85.0 Å². The average Bonchev–Trinajstić information content (AvgIpc) is 3.82. The molecule has 7 atom stereocenters. The summed E-state index contributed by atoms with van der Waals surface area (Å²) in [5.74, 6) is 1.92. The van der Waals surface area contributed by atoms with Crippen molar-refractivity contribution in [2.45, 2.75) is 120 Å². The van der Waals surface area contributed by atoms with Crippen LogP contribution in [0.1, 0.15) is 128 Å². The van der Waals surface area contributed by atoms with Gasteiger partial charge in [-0.2, -0.15) is 12.4 Å². The van der Waals surface area contributed by atoms with E-state index in [4.69, 9.17) is 9.47 Å². The minimum Gasteiger partial charge on any atom is -0.670 e. The Morgan fingerprint density at radius 2 is 1.66 bits per heavy atom. The van der Waals surface area contributed by atoms with E-state index in [0.29, 0.717) is 35.6 Å². The van der Waals surface area contributed by atoms with Crippen LogP contribution in [0.5, 0.6) is 23.0 Å². The Bertz CT molecular complexity index is 1530. The van der Waals surface area contributed by atoms with Gasteiger partial charge in [0.2, 0.25) is 5.75 Å². The fourth-order valence-electron chi connectivity index (χ4n) is 9.82. The zero-order chi connectivity index (χ0) is 32.7. The van der Waals surface area contributed by atoms with Crippen LogP contribution in [-0.2, 0) is 17.8 Å². The number of aromatic nitrogens is 1. The number of fused-ring (bicyclic) bond motifs is 1. The van der Waals surface area contributed by atoms with Crippen LogP contribution in [0.4, 0.5) is 0 Å². The lowest BCUT2D eigenvalue weighted by atomic mass is 9.70. The van der Waals surface area contributed by atoms with E-state index < -0.39 is 30.3 Å². The van der Waals surface area contributed by atoms with Crippen LogP contribution < -0.4 is 9.72 Å². The summed E-state index contributed by atoms with van der Waals surface area (Å²) in [4.78, 5) is 4.18. The molecule has 0 amide bonds. The highest BCUT2D eigenvalue weighted by Gasteiger charge is 2.44. The zero-order valence-corrected chi connectivity index (χ0v) is 27.5. The van der Waals surface area contributed by atoms with Gasteiger partial charge in [0.1, 0.15) is 5.75 Å². The van der Waals surface area contributed by atoms with Crippen LogP contribution in [0.15, 0.2) is 36.7 Å². The number of methoxy groups -OCH3 is 1. The van der Waals surface area contributed by atoms with E-state index in [1.807, 2.05) is 12.1 Å². The number of rotatable bonds is 8. The fraction of sp³-hybridized carbons (Fsp3) is 0.590. The molecule has 3 saturated carbocycles. The van der Waals surface area contributed by atoms with Crippen LogP contribution in [0, 0.1) is 17.8 Å². The van der Waals surface area contributed by atoms with Gasteiger partial charge in [-0.25, -0.2) is 0 Å². The summed E-state index contributed by atoms with van der Waals surface area (Å²) >= 11 is 0. The van der Waals surface area contributed by atoms with Crippen LogP contribution in [0.3, 0.4) is 0 Å². The number of hydrogen-bond donors (Lipinski definition) is 5. The first-order valence-electron chi connectivity index (χ1n) is 17.8. The quantitative estimate of drug-likeness (QED) is 0.164. The summed E-state index contributed by atoms with van der Waals surface area (Å²) in [7, 11) is 1.44. The lowest BCUT2D eigenvalue weighted by molar-refractivity contribution is -0.154. The number of nitrogens with zero attached hydrogens (tertiary/aromatic N) is 1. The number of phenolic OH excluding ortho intramolecular Hbond substituents is 2. The van der Waals surface area contributed by atoms with Crippen molar-refractivity contribution in [3.63, 3.8) is 0 Å². The molecule has 1 saturated heterocycles. The molecule has 0 radical (unpaired) electrons. The minimum atomic E-state index is -0.619. The second-order valence-corrected chi connectivity index (χ2v) is 14.7. The lowest BCUT2D eigenvalue weighted by Crippen LogP contribution is -2.44. The maximum absolute atomic E-state index is 11.5. The normalized spacial score (nSPS) is 29.9. The van der Waals surface area contributed by atoms with Crippen molar-refractivity contribution in [1.82, 2.24) is 4.98 Å². The third-order valence-corrected chi connectivity index (χ3v) is 12.2. The molecule has 254 valence electrons. The van der Waals surface area contributed by atoms with Gasteiger partial charge in [0, 0.05) is 23.5 Å². The van der Waals surface area contributed by atoms with Crippen molar-refractivity contribution in [2.24, 2.45) is 17.8 Å². The van der Waals surface area contributed by atoms with Crippen molar-refractivity contribution in [3.8, 4) is 23.0 Å². The molecule has 7 rings (SSSR count). The second kappa shape index (κ2) is 13.7. The SMILES string of the molecule is COc1c(O)c(O)c(CO)c(C2CC(O)C3CCC(c4ccc(O)c(C5CCCC(C6CCCC6)C5)c4)CC3O2)c1Cc1cc[n-]c1. The summed E-state index contributed by atoms with van der Waals surface area (Å²) < 4.78 is 12.5. The molecule has 8 nitrogen and oxygen atoms in total. The summed E-state index contributed by atoms with van der Waals surface area (Å²) in [6, 6.07) is 8.09. The van der Waals surface area contributed by atoms with Crippen molar-refractivity contribution in [1.29, 1.82) is 0 Å². The van der Waals surface area contributed by atoms with E-state index in [-0.39, 0.29) is 29.3 Å². The third kappa shape index (κ3) is 6.25. The number of hydrogen-bond acceptors (Lipinski definition) is 7. The largest absolute Gasteiger partial charge is 0.670 e.